The molecule has 1 heterocycles. The lowest BCUT2D eigenvalue weighted by atomic mass is 9.88. The Bertz CT molecular complexity index is 596. The molecule has 166 valence electrons. The van der Waals surface area contributed by atoms with Crippen molar-refractivity contribution >= 4 is 23.5 Å². The molecule has 1 rings (SSSR count). The van der Waals surface area contributed by atoms with E-state index in [4.69, 9.17) is 5.73 Å². The fourth-order valence-corrected chi connectivity index (χ4v) is 3.05. The summed E-state index contributed by atoms with van der Waals surface area (Å²) < 4.78 is 0. The molecule has 0 saturated carbocycles. The van der Waals surface area contributed by atoms with E-state index in [2.05, 4.69) is 21.3 Å². The molecular formula is C19H35N5O5. The van der Waals surface area contributed by atoms with E-state index in [0.29, 0.717) is 32.0 Å². The van der Waals surface area contributed by atoms with E-state index < -0.39 is 35.9 Å². The summed E-state index contributed by atoms with van der Waals surface area (Å²) in [6, 6.07) is -2.11. The maximum absolute atomic E-state index is 12.7. The third kappa shape index (κ3) is 8.08. The predicted octanol–water partition coefficient (Wildman–Crippen LogP) is -2.12. The molecular weight excluding hydrogens is 378 g/mol. The molecule has 29 heavy (non-hydrogen) atoms. The Morgan fingerprint density at radius 2 is 1.66 bits per heavy atom. The number of carbonyl (C=O) groups excluding carboxylic acids is 4. The number of nitrogens with two attached hydrogens (primary N) is 1. The second-order valence-corrected chi connectivity index (χ2v) is 8.06. The SMILES string of the molecule is CC(=O)[C@H](CN)NC(=O)[C@@H](NC(=O)[C@@H]1CNC[C@H](C(=O)NCC(C)C)C1)[C@H](C)O. The van der Waals surface area contributed by atoms with Crippen molar-refractivity contribution in [1.29, 1.82) is 0 Å². The number of Topliss-reactive ketones (excluding diaryl/α,β-unsaturated/α-hetero) is 1. The largest absolute Gasteiger partial charge is 0.391 e. The number of amides is 3. The maximum Gasteiger partial charge on any atom is 0.245 e. The van der Waals surface area contributed by atoms with Crippen LogP contribution in [0.25, 0.3) is 0 Å². The van der Waals surface area contributed by atoms with Gasteiger partial charge in [0.1, 0.15) is 6.04 Å². The van der Waals surface area contributed by atoms with E-state index in [1.807, 2.05) is 13.8 Å². The number of aliphatic hydroxyl groups excluding tert-OH is 1. The van der Waals surface area contributed by atoms with Gasteiger partial charge in [0.05, 0.1) is 24.0 Å². The molecule has 0 aromatic rings. The van der Waals surface area contributed by atoms with Gasteiger partial charge in [-0.2, -0.15) is 0 Å². The van der Waals surface area contributed by atoms with Gasteiger partial charge in [-0.05, 0) is 26.2 Å². The number of piperidine rings is 1. The van der Waals surface area contributed by atoms with Crippen molar-refractivity contribution in [2.24, 2.45) is 23.5 Å². The van der Waals surface area contributed by atoms with Gasteiger partial charge in [0.2, 0.25) is 17.7 Å². The van der Waals surface area contributed by atoms with Crippen molar-refractivity contribution in [2.45, 2.75) is 52.3 Å². The van der Waals surface area contributed by atoms with E-state index in [9.17, 15) is 24.3 Å². The number of hydrogen-bond donors (Lipinski definition) is 6. The molecule has 5 atom stereocenters. The van der Waals surface area contributed by atoms with Gasteiger partial charge in [-0.3, -0.25) is 19.2 Å². The number of hydrogen-bond acceptors (Lipinski definition) is 7. The first-order valence-corrected chi connectivity index (χ1v) is 10.0. The van der Waals surface area contributed by atoms with Gasteiger partial charge in [-0.25, -0.2) is 0 Å². The van der Waals surface area contributed by atoms with Gasteiger partial charge in [-0.15, -0.1) is 0 Å². The van der Waals surface area contributed by atoms with Crippen LogP contribution in [0.4, 0.5) is 0 Å². The minimum atomic E-state index is -1.23. The first-order chi connectivity index (χ1) is 13.6. The average Bonchev–Trinajstić information content (AvgIpc) is 2.67. The highest BCUT2D eigenvalue weighted by Gasteiger charge is 2.34. The zero-order chi connectivity index (χ0) is 22.1. The van der Waals surface area contributed by atoms with Crippen LogP contribution in [0, 0.1) is 17.8 Å². The smallest absolute Gasteiger partial charge is 0.245 e. The highest BCUT2D eigenvalue weighted by molar-refractivity contribution is 5.93. The summed E-state index contributed by atoms with van der Waals surface area (Å²) in [6.07, 6.45) is -0.832. The molecule has 0 unspecified atom stereocenters. The monoisotopic (exact) mass is 413 g/mol. The van der Waals surface area contributed by atoms with Crippen molar-refractivity contribution < 1.29 is 24.3 Å². The van der Waals surface area contributed by atoms with Crippen LogP contribution >= 0.6 is 0 Å². The molecule has 0 aromatic carbocycles. The van der Waals surface area contributed by atoms with Crippen LogP contribution in [0.1, 0.15) is 34.1 Å². The summed E-state index contributed by atoms with van der Waals surface area (Å²) in [5, 5.41) is 20.9. The summed E-state index contributed by atoms with van der Waals surface area (Å²) in [6.45, 7) is 7.99. The Morgan fingerprint density at radius 1 is 1.07 bits per heavy atom. The first kappa shape index (κ1) is 25.0. The number of aliphatic hydroxyl groups is 1. The molecule has 0 radical (unpaired) electrons. The fraction of sp³-hybridized carbons (Fsp3) is 0.789. The lowest BCUT2D eigenvalue weighted by Gasteiger charge is -2.30. The van der Waals surface area contributed by atoms with Crippen LogP contribution in [-0.2, 0) is 19.2 Å². The third-order valence-corrected chi connectivity index (χ3v) is 4.88. The van der Waals surface area contributed by atoms with Gasteiger partial charge in [0, 0.05) is 26.2 Å². The Hall–Kier alpha value is -2.04. The summed E-state index contributed by atoms with van der Waals surface area (Å²) in [5.41, 5.74) is 5.47. The Balaban J connectivity index is 2.71. The number of rotatable bonds is 10. The Kier molecular flexibility index (Phi) is 10.2. The van der Waals surface area contributed by atoms with E-state index in [1.54, 1.807) is 0 Å². The zero-order valence-corrected chi connectivity index (χ0v) is 17.7. The van der Waals surface area contributed by atoms with E-state index in [-0.39, 0.29) is 24.2 Å². The molecule has 0 aromatic heterocycles. The minimum Gasteiger partial charge on any atom is -0.391 e. The van der Waals surface area contributed by atoms with Crippen molar-refractivity contribution in [3.63, 3.8) is 0 Å². The molecule has 7 N–H and O–H groups in total. The lowest BCUT2D eigenvalue weighted by molar-refractivity contribution is -0.136. The van der Waals surface area contributed by atoms with Crippen LogP contribution in [0.5, 0.6) is 0 Å². The average molecular weight is 414 g/mol. The molecule has 1 aliphatic rings. The van der Waals surface area contributed by atoms with Crippen molar-refractivity contribution in [1.82, 2.24) is 21.3 Å². The van der Waals surface area contributed by atoms with Crippen LogP contribution in [0.2, 0.25) is 0 Å². The van der Waals surface area contributed by atoms with Crippen LogP contribution in [0.3, 0.4) is 0 Å². The third-order valence-electron chi connectivity index (χ3n) is 4.88. The fourth-order valence-electron chi connectivity index (χ4n) is 3.05. The summed E-state index contributed by atoms with van der Waals surface area (Å²) in [4.78, 5) is 48.9. The van der Waals surface area contributed by atoms with Gasteiger partial charge >= 0.3 is 0 Å². The van der Waals surface area contributed by atoms with E-state index >= 15 is 0 Å². The minimum absolute atomic E-state index is 0.0821. The molecule has 1 aliphatic heterocycles. The second kappa shape index (κ2) is 11.8. The Labute approximate surface area is 171 Å². The highest BCUT2D eigenvalue weighted by Crippen LogP contribution is 2.17. The van der Waals surface area contributed by atoms with E-state index in [1.165, 1.54) is 13.8 Å². The topological polar surface area (TPSA) is 163 Å². The molecule has 0 spiro atoms. The highest BCUT2D eigenvalue weighted by atomic mass is 16.3. The van der Waals surface area contributed by atoms with Crippen LogP contribution in [-0.4, -0.2) is 73.0 Å². The van der Waals surface area contributed by atoms with E-state index in [0.717, 1.165) is 0 Å². The number of carbonyl (C=O) groups is 4. The van der Waals surface area contributed by atoms with Gasteiger partial charge in [0.25, 0.3) is 0 Å². The molecule has 0 bridgehead atoms. The number of nitrogens with one attached hydrogen (secondary N) is 4. The predicted molar refractivity (Wildman–Crippen MR) is 108 cm³/mol. The van der Waals surface area contributed by atoms with Gasteiger partial charge in [-0.1, -0.05) is 13.8 Å². The van der Waals surface area contributed by atoms with Crippen LogP contribution < -0.4 is 27.0 Å². The van der Waals surface area contributed by atoms with Gasteiger partial charge in [0.15, 0.2) is 5.78 Å². The second-order valence-electron chi connectivity index (χ2n) is 8.06. The summed E-state index contributed by atoms with van der Waals surface area (Å²) in [7, 11) is 0. The lowest BCUT2D eigenvalue weighted by Crippen LogP contribution is -2.58. The Morgan fingerprint density at radius 3 is 2.14 bits per heavy atom. The molecule has 10 nitrogen and oxygen atoms in total. The normalized spacial score (nSPS) is 22.3. The molecule has 0 aliphatic carbocycles. The van der Waals surface area contributed by atoms with Crippen molar-refractivity contribution in [3.8, 4) is 0 Å². The van der Waals surface area contributed by atoms with Gasteiger partial charge < -0.3 is 32.1 Å². The van der Waals surface area contributed by atoms with Crippen molar-refractivity contribution in [2.75, 3.05) is 26.2 Å². The maximum atomic E-state index is 12.7. The molecule has 3 amide bonds. The van der Waals surface area contributed by atoms with Crippen LogP contribution in [0.15, 0.2) is 0 Å². The zero-order valence-electron chi connectivity index (χ0n) is 17.7. The first-order valence-electron chi connectivity index (χ1n) is 10.0. The number of ketones is 1. The van der Waals surface area contributed by atoms with Crippen molar-refractivity contribution in [3.05, 3.63) is 0 Å². The molecule has 10 heteroatoms. The summed E-state index contributed by atoms with van der Waals surface area (Å²) >= 11 is 0. The standard InChI is InChI=1S/C19H35N5O5/c1-10(2)7-22-17(27)13-5-14(9-21-8-13)18(28)24-16(12(4)26)19(29)23-15(6-20)11(3)25/h10,12-16,21,26H,5-9,20H2,1-4H3,(H,22,27)(H,23,29)(H,24,28)/t12-,13+,14-,15-,16-/m0/s1. The summed E-state index contributed by atoms with van der Waals surface area (Å²) in [5.74, 6) is -2.10. The molecule has 1 fully saturated rings. The quantitative estimate of drug-likeness (QED) is 0.238. The molecule has 1 saturated heterocycles.